The van der Waals surface area contributed by atoms with Crippen molar-refractivity contribution < 1.29 is 18.7 Å². The topological polar surface area (TPSA) is 58.6 Å². The van der Waals surface area contributed by atoms with Crippen LogP contribution in [0.2, 0.25) is 0 Å². The van der Waals surface area contributed by atoms with Crippen LogP contribution in [0, 0.1) is 5.82 Å². The van der Waals surface area contributed by atoms with Gasteiger partial charge in [0, 0.05) is 13.1 Å². The molecule has 2 amide bonds. The van der Waals surface area contributed by atoms with Crippen LogP contribution in [0.5, 0.6) is 5.75 Å². The van der Waals surface area contributed by atoms with Gasteiger partial charge in [-0.15, -0.1) is 0 Å². The molecule has 1 aromatic rings. The van der Waals surface area contributed by atoms with Gasteiger partial charge in [0.25, 0.3) is 5.91 Å². The fourth-order valence-corrected chi connectivity index (χ4v) is 2.40. The Morgan fingerprint density at radius 1 is 1.52 bits per heavy atom. The van der Waals surface area contributed by atoms with E-state index in [1.165, 1.54) is 17.0 Å². The molecular formula is C15H19FN2O3. The molecule has 1 aliphatic rings. The first kappa shape index (κ1) is 15.3. The van der Waals surface area contributed by atoms with E-state index in [0.717, 1.165) is 0 Å². The molecule has 0 bridgehead atoms. The number of halogens is 1. The number of nitrogens with one attached hydrogen (secondary N) is 1. The van der Waals surface area contributed by atoms with Crippen molar-refractivity contribution in [2.75, 3.05) is 13.1 Å². The first-order valence-electron chi connectivity index (χ1n) is 7.04. The van der Waals surface area contributed by atoms with Gasteiger partial charge in [0.05, 0.1) is 0 Å². The van der Waals surface area contributed by atoms with E-state index in [1.54, 1.807) is 19.1 Å². The minimum atomic E-state index is -0.846. The highest BCUT2D eigenvalue weighted by molar-refractivity contribution is 5.90. The second kappa shape index (κ2) is 6.56. The molecule has 2 unspecified atom stereocenters. The quantitative estimate of drug-likeness (QED) is 0.911. The Morgan fingerprint density at radius 2 is 2.24 bits per heavy atom. The number of benzene rings is 1. The van der Waals surface area contributed by atoms with Crippen molar-refractivity contribution in [2.24, 2.45) is 0 Å². The maximum absolute atomic E-state index is 13.5. The summed E-state index contributed by atoms with van der Waals surface area (Å²) in [4.78, 5) is 25.7. The van der Waals surface area contributed by atoms with Crippen molar-refractivity contribution in [1.82, 2.24) is 10.2 Å². The van der Waals surface area contributed by atoms with E-state index in [9.17, 15) is 14.0 Å². The molecule has 1 saturated heterocycles. The third-order valence-electron chi connectivity index (χ3n) is 3.49. The van der Waals surface area contributed by atoms with Gasteiger partial charge in [-0.25, -0.2) is 4.39 Å². The number of rotatable bonds is 4. The summed E-state index contributed by atoms with van der Waals surface area (Å²) in [6, 6.07) is 5.45. The molecule has 2 atom stereocenters. The van der Waals surface area contributed by atoms with Crippen LogP contribution < -0.4 is 10.1 Å². The standard InChI is InChI=1S/C15H19FN2O3/c1-3-12-14(19)17-8-9-18(12)15(20)10(2)21-13-7-5-4-6-11(13)16/h4-7,10,12H,3,8-9H2,1-2H3,(H,17,19). The van der Waals surface area contributed by atoms with Gasteiger partial charge in [-0.2, -0.15) is 0 Å². The number of carbonyl (C=O) groups excluding carboxylic acids is 2. The SMILES string of the molecule is CCC1C(=O)NCCN1C(=O)C(C)Oc1ccccc1F. The molecular weight excluding hydrogens is 275 g/mol. The zero-order chi connectivity index (χ0) is 15.4. The molecule has 0 aliphatic carbocycles. The highest BCUT2D eigenvalue weighted by atomic mass is 19.1. The highest BCUT2D eigenvalue weighted by Crippen LogP contribution is 2.19. The summed E-state index contributed by atoms with van der Waals surface area (Å²) in [5.41, 5.74) is 0. The Balaban J connectivity index is 2.08. The lowest BCUT2D eigenvalue weighted by Gasteiger charge is -2.35. The number of amides is 2. The fourth-order valence-electron chi connectivity index (χ4n) is 2.40. The minimum absolute atomic E-state index is 0.0351. The predicted octanol–water partition coefficient (Wildman–Crippen LogP) is 1.33. The predicted molar refractivity (Wildman–Crippen MR) is 75.3 cm³/mol. The van der Waals surface area contributed by atoms with Crippen molar-refractivity contribution in [3.05, 3.63) is 30.1 Å². The molecule has 114 valence electrons. The summed E-state index contributed by atoms with van der Waals surface area (Å²) in [5.74, 6) is -0.941. The van der Waals surface area contributed by atoms with Crippen molar-refractivity contribution in [2.45, 2.75) is 32.4 Å². The molecule has 0 spiro atoms. The zero-order valence-electron chi connectivity index (χ0n) is 12.1. The highest BCUT2D eigenvalue weighted by Gasteiger charge is 2.34. The maximum atomic E-state index is 13.5. The van der Waals surface area contributed by atoms with Gasteiger partial charge in [-0.05, 0) is 25.5 Å². The van der Waals surface area contributed by atoms with Crippen LogP contribution in [-0.4, -0.2) is 41.9 Å². The largest absolute Gasteiger partial charge is 0.478 e. The Bertz CT molecular complexity index is 535. The third kappa shape index (κ3) is 3.32. The molecule has 2 rings (SSSR count). The molecule has 6 heteroatoms. The number of piperazine rings is 1. The van der Waals surface area contributed by atoms with Gasteiger partial charge in [0.15, 0.2) is 17.7 Å². The van der Waals surface area contributed by atoms with Crippen LogP contribution in [-0.2, 0) is 9.59 Å². The van der Waals surface area contributed by atoms with Crippen LogP contribution in [0.15, 0.2) is 24.3 Å². The number of para-hydroxylation sites is 1. The summed E-state index contributed by atoms with van der Waals surface area (Å²) in [6.07, 6.45) is -0.314. The third-order valence-corrected chi connectivity index (χ3v) is 3.49. The van der Waals surface area contributed by atoms with E-state index in [0.29, 0.717) is 19.5 Å². The van der Waals surface area contributed by atoms with E-state index in [-0.39, 0.29) is 17.6 Å². The minimum Gasteiger partial charge on any atom is -0.478 e. The summed E-state index contributed by atoms with van der Waals surface area (Å²) in [7, 11) is 0. The van der Waals surface area contributed by atoms with Crippen molar-refractivity contribution in [3.8, 4) is 5.75 Å². The fraction of sp³-hybridized carbons (Fsp3) is 0.467. The van der Waals surface area contributed by atoms with E-state index in [1.807, 2.05) is 6.92 Å². The van der Waals surface area contributed by atoms with Gasteiger partial charge < -0.3 is 15.0 Å². The van der Waals surface area contributed by atoms with E-state index >= 15 is 0 Å². The van der Waals surface area contributed by atoms with E-state index in [2.05, 4.69) is 5.32 Å². The summed E-state index contributed by atoms with van der Waals surface area (Å²) >= 11 is 0. The van der Waals surface area contributed by atoms with Crippen molar-refractivity contribution in [1.29, 1.82) is 0 Å². The lowest BCUT2D eigenvalue weighted by molar-refractivity contribution is -0.148. The van der Waals surface area contributed by atoms with Crippen LogP contribution in [0.25, 0.3) is 0 Å². The lowest BCUT2D eigenvalue weighted by Crippen LogP contribution is -2.59. The molecule has 5 nitrogen and oxygen atoms in total. The first-order valence-corrected chi connectivity index (χ1v) is 7.04. The van der Waals surface area contributed by atoms with Gasteiger partial charge in [0.2, 0.25) is 5.91 Å². The second-order valence-electron chi connectivity index (χ2n) is 4.94. The Hall–Kier alpha value is -2.11. The molecule has 0 aromatic heterocycles. The molecule has 1 N–H and O–H groups in total. The average Bonchev–Trinajstić information content (AvgIpc) is 2.48. The van der Waals surface area contributed by atoms with E-state index in [4.69, 9.17) is 4.74 Å². The van der Waals surface area contributed by atoms with Gasteiger partial charge in [0.1, 0.15) is 6.04 Å². The summed E-state index contributed by atoms with van der Waals surface area (Å²) in [5, 5.41) is 2.73. The number of carbonyl (C=O) groups is 2. The molecule has 1 aliphatic heterocycles. The molecule has 0 saturated carbocycles. The number of nitrogens with zero attached hydrogens (tertiary/aromatic N) is 1. The number of hydrogen-bond donors (Lipinski definition) is 1. The van der Waals surface area contributed by atoms with Crippen LogP contribution in [0.3, 0.4) is 0 Å². The monoisotopic (exact) mass is 294 g/mol. The summed E-state index contributed by atoms with van der Waals surface area (Å²) in [6.45, 7) is 4.27. The summed E-state index contributed by atoms with van der Waals surface area (Å²) < 4.78 is 18.9. The Labute approximate surface area is 123 Å². The molecule has 1 fully saturated rings. The van der Waals surface area contributed by atoms with Crippen molar-refractivity contribution >= 4 is 11.8 Å². The number of ether oxygens (including phenoxy) is 1. The molecule has 0 radical (unpaired) electrons. The number of hydrogen-bond acceptors (Lipinski definition) is 3. The van der Waals surface area contributed by atoms with Gasteiger partial charge in [-0.3, -0.25) is 9.59 Å². The maximum Gasteiger partial charge on any atom is 0.264 e. The molecule has 21 heavy (non-hydrogen) atoms. The van der Waals surface area contributed by atoms with Gasteiger partial charge >= 0.3 is 0 Å². The smallest absolute Gasteiger partial charge is 0.264 e. The molecule has 1 heterocycles. The van der Waals surface area contributed by atoms with Gasteiger partial charge in [-0.1, -0.05) is 19.1 Å². The second-order valence-corrected chi connectivity index (χ2v) is 4.94. The normalized spacial score (nSPS) is 19.9. The van der Waals surface area contributed by atoms with Crippen LogP contribution >= 0.6 is 0 Å². The molecule has 1 aromatic carbocycles. The zero-order valence-corrected chi connectivity index (χ0v) is 12.1. The van der Waals surface area contributed by atoms with Crippen molar-refractivity contribution in [3.63, 3.8) is 0 Å². The Morgan fingerprint density at radius 3 is 2.90 bits per heavy atom. The van der Waals surface area contributed by atoms with E-state index < -0.39 is 18.0 Å². The Kier molecular flexibility index (Phi) is 4.77. The first-order chi connectivity index (χ1) is 10.0. The average molecular weight is 294 g/mol. The lowest BCUT2D eigenvalue weighted by atomic mass is 10.1. The van der Waals surface area contributed by atoms with Crippen LogP contribution in [0.1, 0.15) is 20.3 Å². The van der Waals surface area contributed by atoms with Crippen LogP contribution in [0.4, 0.5) is 4.39 Å².